The van der Waals surface area contributed by atoms with Crippen LogP contribution in [-0.2, 0) is 6.54 Å². The number of amides is 1. The summed E-state index contributed by atoms with van der Waals surface area (Å²) in [4.78, 5) is 21.1. The van der Waals surface area contributed by atoms with Crippen molar-refractivity contribution in [2.75, 3.05) is 5.32 Å². The van der Waals surface area contributed by atoms with Gasteiger partial charge in [0.2, 0.25) is 5.95 Å². The number of fused-ring (bicyclic) bond motifs is 1. The van der Waals surface area contributed by atoms with Gasteiger partial charge in [0.15, 0.2) is 5.65 Å². The van der Waals surface area contributed by atoms with Gasteiger partial charge in [0.1, 0.15) is 17.7 Å². The molecule has 3 heterocycles. The third kappa shape index (κ3) is 3.39. The third-order valence-corrected chi connectivity index (χ3v) is 4.04. The molecule has 3 aromatic heterocycles. The van der Waals surface area contributed by atoms with E-state index in [-0.39, 0.29) is 17.7 Å². The number of carbonyl (C=O) groups is 1. The molecule has 0 aliphatic rings. The van der Waals surface area contributed by atoms with Crippen molar-refractivity contribution in [2.45, 2.75) is 20.4 Å². The second-order valence-corrected chi connectivity index (χ2v) is 6.18. The second-order valence-electron chi connectivity index (χ2n) is 6.18. The summed E-state index contributed by atoms with van der Waals surface area (Å²) in [7, 11) is 0. The van der Waals surface area contributed by atoms with E-state index in [4.69, 9.17) is 0 Å². The summed E-state index contributed by atoms with van der Waals surface area (Å²) in [5, 5.41) is 11.1. The van der Waals surface area contributed by atoms with E-state index in [1.807, 2.05) is 19.9 Å². The summed E-state index contributed by atoms with van der Waals surface area (Å²) in [5.41, 5.74) is 3.39. The number of anilines is 1. The van der Waals surface area contributed by atoms with Gasteiger partial charge in [0.25, 0.3) is 5.91 Å². The lowest BCUT2D eigenvalue weighted by molar-refractivity contribution is 0.102. The maximum Gasteiger partial charge on any atom is 0.263 e. The van der Waals surface area contributed by atoms with E-state index < -0.39 is 0 Å². The Morgan fingerprint density at radius 2 is 2.00 bits per heavy atom. The van der Waals surface area contributed by atoms with Crippen LogP contribution in [0.1, 0.15) is 27.3 Å². The molecule has 0 bridgehead atoms. The maximum absolute atomic E-state index is 13.0. The standard InChI is InChI=1S/C18H16FN7O/c1-11-7-12(2)26-16(22-11)15(8-21-26)17(27)23-18-20-10-25(24-18)9-13-3-5-14(19)6-4-13/h3-8,10H,9H2,1-2H3,(H,23,24,27). The van der Waals surface area contributed by atoms with Crippen molar-refractivity contribution in [1.29, 1.82) is 0 Å². The molecule has 136 valence electrons. The molecule has 4 aromatic rings. The van der Waals surface area contributed by atoms with E-state index in [1.54, 1.807) is 21.3 Å². The Labute approximate surface area is 153 Å². The molecule has 0 saturated heterocycles. The number of aromatic nitrogens is 6. The molecule has 9 heteroatoms. The molecule has 0 aliphatic carbocycles. The Kier molecular flexibility index (Phi) is 4.11. The topological polar surface area (TPSA) is 90.0 Å². The molecule has 0 aliphatic heterocycles. The summed E-state index contributed by atoms with van der Waals surface area (Å²) in [6.07, 6.45) is 2.97. The predicted molar refractivity (Wildman–Crippen MR) is 95.9 cm³/mol. The first kappa shape index (κ1) is 16.8. The van der Waals surface area contributed by atoms with Gasteiger partial charge in [-0.15, -0.1) is 5.10 Å². The van der Waals surface area contributed by atoms with Gasteiger partial charge in [-0.1, -0.05) is 12.1 Å². The molecule has 8 nitrogen and oxygen atoms in total. The van der Waals surface area contributed by atoms with Crippen LogP contribution in [-0.4, -0.2) is 35.3 Å². The Balaban J connectivity index is 1.52. The fourth-order valence-electron chi connectivity index (χ4n) is 2.80. The van der Waals surface area contributed by atoms with Crippen LogP contribution in [0.2, 0.25) is 0 Å². The quantitative estimate of drug-likeness (QED) is 0.600. The van der Waals surface area contributed by atoms with Crippen LogP contribution in [0.5, 0.6) is 0 Å². The van der Waals surface area contributed by atoms with E-state index >= 15 is 0 Å². The van der Waals surface area contributed by atoms with E-state index in [2.05, 4.69) is 25.5 Å². The van der Waals surface area contributed by atoms with Crippen LogP contribution < -0.4 is 5.32 Å². The van der Waals surface area contributed by atoms with Gasteiger partial charge in [-0.05, 0) is 37.6 Å². The van der Waals surface area contributed by atoms with Gasteiger partial charge < -0.3 is 0 Å². The van der Waals surface area contributed by atoms with Crippen molar-refractivity contribution in [3.63, 3.8) is 0 Å². The molecule has 0 saturated carbocycles. The van der Waals surface area contributed by atoms with Crippen LogP contribution in [0.25, 0.3) is 5.65 Å². The highest BCUT2D eigenvalue weighted by atomic mass is 19.1. The lowest BCUT2D eigenvalue weighted by atomic mass is 10.2. The summed E-state index contributed by atoms with van der Waals surface area (Å²) in [6, 6.07) is 8.00. The Bertz CT molecular complexity index is 1130. The van der Waals surface area contributed by atoms with Crippen LogP contribution in [0, 0.1) is 19.7 Å². The molecule has 0 unspecified atom stereocenters. The first-order chi connectivity index (χ1) is 13.0. The molecule has 27 heavy (non-hydrogen) atoms. The molecule has 1 amide bonds. The number of benzene rings is 1. The minimum atomic E-state index is -0.387. The first-order valence-electron chi connectivity index (χ1n) is 8.27. The van der Waals surface area contributed by atoms with Gasteiger partial charge in [-0.25, -0.2) is 23.6 Å². The summed E-state index contributed by atoms with van der Waals surface area (Å²) in [5.74, 6) is -0.509. The lowest BCUT2D eigenvalue weighted by Gasteiger charge is -2.03. The number of carbonyl (C=O) groups excluding carboxylic acids is 1. The van der Waals surface area contributed by atoms with E-state index in [9.17, 15) is 9.18 Å². The van der Waals surface area contributed by atoms with Crippen molar-refractivity contribution >= 4 is 17.5 Å². The van der Waals surface area contributed by atoms with Gasteiger partial charge >= 0.3 is 0 Å². The molecule has 1 N–H and O–H groups in total. The molecule has 0 fully saturated rings. The zero-order valence-corrected chi connectivity index (χ0v) is 14.7. The van der Waals surface area contributed by atoms with E-state index in [0.717, 1.165) is 17.0 Å². The average Bonchev–Trinajstić information content (AvgIpc) is 3.24. The minimum absolute atomic E-state index is 0.172. The van der Waals surface area contributed by atoms with E-state index in [1.165, 1.54) is 24.7 Å². The number of hydrogen-bond donors (Lipinski definition) is 1. The smallest absolute Gasteiger partial charge is 0.263 e. The summed E-state index contributed by atoms with van der Waals surface area (Å²) < 4.78 is 16.1. The molecular formula is C18H16FN7O. The van der Waals surface area contributed by atoms with Crippen molar-refractivity contribution in [1.82, 2.24) is 29.4 Å². The minimum Gasteiger partial charge on any atom is -0.289 e. The number of aryl methyl sites for hydroxylation is 2. The SMILES string of the molecule is Cc1cc(C)n2ncc(C(=O)Nc3ncn(Cc4ccc(F)cc4)n3)c2n1. The largest absolute Gasteiger partial charge is 0.289 e. The van der Waals surface area contributed by atoms with Crippen LogP contribution in [0.15, 0.2) is 42.9 Å². The van der Waals surface area contributed by atoms with Crippen LogP contribution >= 0.6 is 0 Å². The van der Waals surface area contributed by atoms with Gasteiger partial charge in [0.05, 0.1) is 12.7 Å². The molecule has 0 spiro atoms. The molecular weight excluding hydrogens is 349 g/mol. The lowest BCUT2D eigenvalue weighted by Crippen LogP contribution is -2.14. The monoisotopic (exact) mass is 365 g/mol. The summed E-state index contributed by atoms with van der Waals surface area (Å²) in [6.45, 7) is 4.18. The highest BCUT2D eigenvalue weighted by Crippen LogP contribution is 2.13. The van der Waals surface area contributed by atoms with Crippen molar-refractivity contribution in [2.24, 2.45) is 0 Å². The Morgan fingerprint density at radius 1 is 1.22 bits per heavy atom. The number of hydrogen-bond acceptors (Lipinski definition) is 5. The van der Waals surface area contributed by atoms with Crippen molar-refractivity contribution in [3.05, 3.63) is 71.2 Å². The fraction of sp³-hybridized carbons (Fsp3) is 0.167. The van der Waals surface area contributed by atoms with E-state index in [0.29, 0.717) is 17.8 Å². The van der Waals surface area contributed by atoms with Crippen LogP contribution in [0.4, 0.5) is 10.3 Å². The highest BCUT2D eigenvalue weighted by Gasteiger charge is 2.17. The first-order valence-corrected chi connectivity index (χ1v) is 8.27. The molecule has 0 atom stereocenters. The Hall–Kier alpha value is -3.62. The predicted octanol–water partition coefficient (Wildman–Crippen LogP) is 2.38. The van der Waals surface area contributed by atoms with Gasteiger partial charge in [-0.3, -0.25) is 10.1 Å². The normalized spacial score (nSPS) is 11.1. The zero-order chi connectivity index (χ0) is 19.0. The van der Waals surface area contributed by atoms with Crippen molar-refractivity contribution in [3.8, 4) is 0 Å². The molecule has 4 rings (SSSR count). The van der Waals surface area contributed by atoms with Gasteiger partial charge in [-0.2, -0.15) is 5.10 Å². The third-order valence-electron chi connectivity index (χ3n) is 4.04. The number of halogens is 1. The molecule has 1 aromatic carbocycles. The number of rotatable bonds is 4. The average molecular weight is 365 g/mol. The number of nitrogens with zero attached hydrogens (tertiary/aromatic N) is 6. The second kappa shape index (κ2) is 6.60. The van der Waals surface area contributed by atoms with Gasteiger partial charge in [0, 0.05) is 11.4 Å². The van der Waals surface area contributed by atoms with Crippen LogP contribution in [0.3, 0.4) is 0 Å². The number of nitrogens with one attached hydrogen (secondary N) is 1. The molecule has 0 radical (unpaired) electrons. The van der Waals surface area contributed by atoms with Crippen molar-refractivity contribution < 1.29 is 9.18 Å². The summed E-state index contributed by atoms with van der Waals surface area (Å²) >= 11 is 0. The zero-order valence-electron chi connectivity index (χ0n) is 14.7. The Morgan fingerprint density at radius 3 is 2.78 bits per heavy atom. The maximum atomic E-state index is 13.0. The fourth-order valence-corrected chi connectivity index (χ4v) is 2.80. The highest BCUT2D eigenvalue weighted by molar-refractivity contribution is 6.07.